The number of halogens is 2. The van der Waals surface area contributed by atoms with Crippen molar-refractivity contribution >= 4 is 23.2 Å². The average molecular weight is 266 g/mol. The van der Waals surface area contributed by atoms with E-state index in [2.05, 4.69) is 9.97 Å². The molecule has 0 saturated heterocycles. The summed E-state index contributed by atoms with van der Waals surface area (Å²) in [5.74, 6) is 0.223. The van der Waals surface area contributed by atoms with Gasteiger partial charge in [-0.2, -0.15) is 0 Å². The van der Waals surface area contributed by atoms with Crippen LogP contribution >= 0.6 is 11.6 Å². The van der Waals surface area contributed by atoms with E-state index in [9.17, 15) is 4.39 Å². The van der Waals surface area contributed by atoms with E-state index in [-0.39, 0.29) is 5.82 Å². The van der Waals surface area contributed by atoms with Crippen LogP contribution in [0.2, 0.25) is 5.15 Å². The third kappa shape index (κ3) is 2.43. The normalized spacial score (nSPS) is 10.5. The van der Waals surface area contributed by atoms with Crippen molar-refractivity contribution in [2.45, 2.75) is 13.8 Å². The highest BCUT2D eigenvalue weighted by Crippen LogP contribution is 2.24. The highest BCUT2D eigenvalue weighted by atomic mass is 35.5. The van der Waals surface area contributed by atoms with Crippen LogP contribution in [0, 0.1) is 19.7 Å². The molecule has 0 atom stereocenters. The molecule has 18 heavy (non-hydrogen) atoms. The van der Waals surface area contributed by atoms with Crippen LogP contribution in [0.25, 0.3) is 0 Å². The third-order valence-corrected chi connectivity index (χ3v) is 3.20. The molecule has 1 heterocycles. The van der Waals surface area contributed by atoms with Crippen LogP contribution in [0.5, 0.6) is 0 Å². The molecule has 0 aliphatic heterocycles. The maximum atomic E-state index is 12.9. The zero-order valence-corrected chi connectivity index (χ0v) is 11.2. The van der Waals surface area contributed by atoms with Crippen molar-refractivity contribution in [3.63, 3.8) is 0 Å². The zero-order valence-electron chi connectivity index (χ0n) is 10.4. The lowest BCUT2D eigenvalue weighted by molar-refractivity contribution is 0.628. The molecule has 0 amide bonds. The van der Waals surface area contributed by atoms with Gasteiger partial charge in [-0.05, 0) is 38.1 Å². The molecular weight excluding hydrogens is 253 g/mol. The predicted octanol–water partition coefficient (Wildman–Crippen LogP) is 3.65. The van der Waals surface area contributed by atoms with Crippen LogP contribution in [0.4, 0.5) is 16.0 Å². The van der Waals surface area contributed by atoms with E-state index in [0.717, 1.165) is 16.9 Å². The first kappa shape index (κ1) is 12.8. The van der Waals surface area contributed by atoms with Gasteiger partial charge in [-0.15, -0.1) is 0 Å². The molecule has 0 aliphatic rings. The number of aromatic nitrogens is 2. The van der Waals surface area contributed by atoms with Gasteiger partial charge in [0.1, 0.15) is 11.0 Å². The molecule has 0 fully saturated rings. The Morgan fingerprint density at radius 2 is 1.72 bits per heavy atom. The largest absolute Gasteiger partial charge is 0.314 e. The molecule has 2 aromatic rings. The number of anilines is 2. The smallest absolute Gasteiger partial charge is 0.231 e. The van der Waals surface area contributed by atoms with Gasteiger partial charge in [-0.25, -0.2) is 14.4 Å². The van der Waals surface area contributed by atoms with Crippen LogP contribution in [0.3, 0.4) is 0 Å². The monoisotopic (exact) mass is 265 g/mol. The summed E-state index contributed by atoms with van der Waals surface area (Å²) < 4.78 is 12.9. The molecule has 0 unspecified atom stereocenters. The number of hydrogen-bond acceptors (Lipinski definition) is 3. The molecule has 1 aromatic heterocycles. The Bertz CT molecular complexity index is 546. The molecule has 1 aromatic carbocycles. The van der Waals surface area contributed by atoms with Crippen molar-refractivity contribution in [3.8, 4) is 0 Å². The van der Waals surface area contributed by atoms with Crippen LogP contribution in [0.1, 0.15) is 11.3 Å². The van der Waals surface area contributed by atoms with Gasteiger partial charge in [-0.1, -0.05) is 11.6 Å². The third-order valence-electron chi connectivity index (χ3n) is 2.83. The maximum Gasteiger partial charge on any atom is 0.231 e. The Morgan fingerprint density at radius 3 is 2.28 bits per heavy atom. The van der Waals surface area contributed by atoms with E-state index in [1.54, 1.807) is 17.0 Å². The van der Waals surface area contributed by atoms with E-state index >= 15 is 0 Å². The molecule has 0 bridgehead atoms. The van der Waals surface area contributed by atoms with E-state index in [0.29, 0.717) is 11.1 Å². The van der Waals surface area contributed by atoms with Crippen molar-refractivity contribution < 1.29 is 4.39 Å². The zero-order chi connectivity index (χ0) is 13.3. The van der Waals surface area contributed by atoms with Crippen molar-refractivity contribution in [1.82, 2.24) is 9.97 Å². The fourth-order valence-corrected chi connectivity index (χ4v) is 1.72. The number of hydrogen-bond donors (Lipinski definition) is 0. The molecule has 3 nitrogen and oxygen atoms in total. The predicted molar refractivity (Wildman–Crippen MR) is 71.0 cm³/mol. The highest BCUT2D eigenvalue weighted by molar-refractivity contribution is 6.30. The Balaban J connectivity index is 2.39. The van der Waals surface area contributed by atoms with Crippen LogP contribution in [0.15, 0.2) is 24.3 Å². The Kier molecular flexibility index (Phi) is 3.48. The second-order valence-corrected chi connectivity index (χ2v) is 4.42. The summed E-state index contributed by atoms with van der Waals surface area (Å²) in [7, 11) is 1.81. The molecular formula is C13H13ClFN3. The SMILES string of the molecule is Cc1nc(N(C)c2ccc(F)cc2)nc(Cl)c1C. The van der Waals surface area contributed by atoms with Crippen molar-refractivity contribution in [3.05, 3.63) is 46.5 Å². The van der Waals surface area contributed by atoms with E-state index < -0.39 is 0 Å². The Hall–Kier alpha value is -1.68. The lowest BCUT2D eigenvalue weighted by Crippen LogP contribution is -2.14. The first-order chi connectivity index (χ1) is 8.49. The van der Waals surface area contributed by atoms with Crippen LogP contribution in [-0.2, 0) is 0 Å². The van der Waals surface area contributed by atoms with Gasteiger partial charge in [0.05, 0.1) is 0 Å². The number of nitrogens with zero attached hydrogens (tertiary/aromatic N) is 3. The summed E-state index contributed by atoms with van der Waals surface area (Å²) in [5, 5.41) is 0.437. The maximum absolute atomic E-state index is 12.9. The lowest BCUT2D eigenvalue weighted by Gasteiger charge is -2.18. The molecule has 2 rings (SSSR count). The topological polar surface area (TPSA) is 29.0 Å². The average Bonchev–Trinajstić information content (AvgIpc) is 2.35. The minimum atomic E-state index is -0.272. The molecule has 0 saturated carbocycles. The first-order valence-electron chi connectivity index (χ1n) is 5.49. The summed E-state index contributed by atoms with van der Waals surface area (Å²) in [6.45, 7) is 3.75. The lowest BCUT2D eigenvalue weighted by atomic mass is 10.3. The number of aryl methyl sites for hydroxylation is 1. The summed E-state index contributed by atoms with van der Waals surface area (Å²) >= 11 is 6.04. The summed E-state index contributed by atoms with van der Waals surface area (Å²) in [6, 6.07) is 6.13. The number of benzene rings is 1. The quantitative estimate of drug-likeness (QED) is 0.776. The molecule has 0 aliphatic carbocycles. The standard InChI is InChI=1S/C13H13ClFN3/c1-8-9(2)16-13(17-12(8)14)18(3)11-6-4-10(15)5-7-11/h4-7H,1-3H3. The van der Waals surface area contributed by atoms with Crippen molar-refractivity contribution in [1.29, 1.82) is 0 Å². The van der Waals surface area contributed by atoms with Crippen molar-refractivity contribution in [2.24, 2.45) is 0 Å². The van der Waals surface area contributed by atoms with Crippen LogP contribution < -0.4 is 4.90 Å². The van der Waals surface area contributed by atoms with E-state index in [4.69, 9.17) is 11.6 Å². The summed E-state index contributed by atoms with van der Waals surface area (Å²) in [4.78, 5) is 10.3. The van der Waals surface area contributed by atoms with Gasteiger partial charge in [0.25, 0.3) is 0 Å². The van der Waals surface area contributed by atoms with E-state index in [1.807, 2.05) is 20.9 Å². The summed E-state index contributed by atoms with van der Waals surface area (Å²) in [5.41, 5.74) is 2.50. The fraction of sp³-hybridized carbons (Fsp3) is 0.231. The van der Waals surface area contributed by atoms with E-state index in [1.165, 1.54) is 12.1 Å². The highest BCUT2D eigenvalue weighted by Gasteiger charge is 2.11. The second kappa shape index (κ2) is 4.90. The molecule has 0 N–H and O–H groups in total. The number of rotatable bonds is 2. The Morgan fingerprint density at radius 1 is 1.11 bits per heavy atom. The Labute approximate surface area is 110 Å². The van der Waals surface area contributed by atoms with Gasteiger partial charge in [0.15, 0.2) is 0 Å². The fourth-order valence-electron chi connectivity index (χ4n) is 1.51. The second-order valence-electron chi connectivity index (χ2n) is 4.06. The summed E-state index contributed by atoms with van der Waals surface area (Å²) in [6.07, 6.45) is 0. The molecule has 0 radical (unpaired) electrons. The van der Waals surface area contributed by atoms with Crippen molar-refractivity contribution in [2.75, 3.05) is 11.9 Å². The van der Waals surface area contributed by atoms with Gasteiger partial charge < -0.3 is 4.90 Å². The van der Waals surface area contributed by atoms with Gasteiger partial charge in [0, 0.05) is 24.0 Å². The minimum absolute atomic E-state index is 0.272. The minimum Gasteiger partial charge on any atom is -0.314 e. The molecule has 0 spiro atoms. The first-order valence-corrected chi connectivity index (χ1v) is 5.87. The molecule has 5 heteroatoms. The van der Waals surface area contributed by atoms with Crippen LogP contribution in [-0.4, -0.2) is 17.0 Å². The van der Waals surface area contributed by atoms with Gasteiger partial charge in [-0.3, -0.25) is 0 Å². The molecule has 94 valence electrons. The van der Waals surface area contributed by atoms with Gasteiger partial charge in [0.2, 0.25) is 5.95 Å². The van der Waals surface area contributed by atoms with Gasteiger partial charge >= 0.3 is 0 Å².